The lowest BCUT2D eigenvalue weighted by molar-refractivity contribution is -0.139. The number of nitrogens with one attached hydrogen (secondary N) is 1. The molecule has 1 atom stereocenters. The lowest BCUT2D eigenvalue weighted by atomic mass is 10.0. The highest BCUT2D eigenvalue weighted by molar-refractivity contribution is 5.72. The Balaban J connectivity index is 1.91. The second-order valence-electron chi connectivity index (χ2n) is 5.09. The lowest BCUT2D eigenvalue weighted by Gasteiger charge is -2.14. The second kappa shape index (κ2) is 7.64. The van der Waals surface area contributed by atoms with Crippen molar-refractivity contribution in [3.63, 3.8) is 0 Å². The molecule has 0 spiro atoms. The molecule has 0 fully saturated rings. The van der Waals surface area contributed by atoms with Crippen LogP contribution in [0.25, 0.3) is 0 Å². The zero-order valence-electron chi connectivity index (χ0n) is 12.5. The molecule has 0 bridgehead atoms. The van der Waals surface area contributed by atoms with E-state index in [9.17, 15) is 4.79 Å². The van der Waals surface area contributed by atoms with Crippen LogP contribution in [0.5, 0.6) is 0 Å². The molecule has 0 saturated carbocycles. The minimum Gasteiger partial charge on any atom is -0.469 e. The van der Waals surface area contributed by atoms with Crippen LogP contribution in [0.15, 0.2) is 47.1 Å². The number of furan rings is 1. The molecule has 0 amide bonds. The van der Waals surface area contributed by atoms with Gasteiger partial charge in [0.25, 0.3) is 0 Å². The standard InChI is InChI=1S/C17H21NO3/c1-13(10-16-8-5-9-21-16)18-12-15-7-4-3-6-14(15)11-17(19)20-2/h3-9,13,18H,10-12H2,1-2H3. The minimum absolute atomic E-state index is 0.217. The summed E-state index contributed by atoms with van der Waals surface area (Å²) < 4.78 is 10.1. The van der Waals surface area contributed by atoms with Crippen molar-refractivity contribution < 1.29 is 13.9 Å². The third-order valence-corrected chi connectivity index (χ3v) is 3.41. The number of benzene rings is 1. The number of carbonyl (C=O) groups excluding carboxylic acids is 1. The van der Waals surface area contributed by atoms with E-state index in [0.29, 0.717) is 12.5 Å². The zero-order chi connectivity index (χ0) is 15.1. The number of methoxy groups -OCH3 is 1. The minimum atomic E-state index is -0.217. The maximum absolute atomic E-state index is 11.4. The molecule has 1 N–H and O–H groups in total. The van der Waals surface area contributed by atoms with Crippen LogP contribution in [0.1, 0.15) is 23.8 Å². The molecule has 2 rings (SSSR count). The second-order valence-corrected chi connectivity index (χ2v) is 5.09. The molecule has 1 heterocycles. The Hall–Kier alpha value is -2.07. The number of rotatable bonds is 7. The third-order valence-electron chi connectivity index (χ3n) is 3.41. The molecule has 1 aromatic carbocycles. The summed E-state index contributed by atoms with van der Waals surface area (Å²) in [5, 5.41) is 3.46. The Kier molecular flexibility index (Phi) is 5.58. The predicted molar refractivity (Wildman–Crippen MR) is 80.9 cm³/mol. The molecule has 4 heteroatoms. The Labute approximate surface area is 125 Å². The van der Waals surface area contributed by atoms with E-state index in [1.54, 1.807) is 6.26 Å². The smallest absolute Gasteiger partial charge is 0.309 e. The van der Waals surface area contributed by atoms with Crippen molar-refractivity contribution >= 4 is 5.97 Å². The van der Waals surface area contributed by atoms with Crippen molar-refractivity contribution in [1.82, 2.24) is 5.32 Å². The molecule has 4 nitrogen and oxygen atoms in total. The van der Waals surface area contributed by atoms with Gasteiger partial charge in [0.2, 0.25) is 0 Å². The van der Waals surface area contributed by atoms with Gasteiger partial charge in [0.15, 0.2) is 0 Å². The van der Waals surface area contributed by atoms with Gasteiger partial charge in [-0.15, -0.1) is 0 Å². The van der Waals surface area contributed by atoms with Crippen LogP contribution in [0.3, 0.4) is 0 Å². The van der Waals surface area contributed by atoms with E-state index in [2.05, 4.69) is 12.2 Å². The average Bonchev–Trinajstić information content (AvgIpc) is 2.99. The summed E-state index contributed by atoms with van der Waals surface area (Å²) in [6.45, 7) is 2.83. The summed E-state index contributed by atoms with van der Waals surface area (Å²) in [6, 6.07) is 12.1. The highest BCUT2D eigenvalue weighted by Crippen LogP contribution is 2.11. The molecule has 21 heavy (non-hydrogen) atoms. The van der Waals surface area contributed by atoms with Crippen LogP contribution < -0.4 is 5.32 Å². The summed E-state index contributed by atoms with van der Waals surface area (Å²) in [6.07, 6.45) is 2.83. The number of hydrogen-bond acceptors (Lipinski definition) is 4. The van der Waals surface area contributed by atoms with Crippen LogP contribution in [0.2, 0.25) is 0 Å². The van der Waals surface area contributed by atoms with Gasteiger partial charge in [0.05, 0.1) is 19.8 Å². The fourth-order valence-corrected chi connectivity index (χ4v) is 2.22. The first-order valence-electron chi connectivity index (χ1n) is 7.08. The normalized spacial score (nSPS) is 12.1. The zero-order valence-corrected chi connectivity index (χ0v) is 12.5. The molecule has 0 saturated heterocycles. The van der Waals surface area contributed by atoms with Crippen LogP contribution in [0.4, 0.5) is 0 Å². The van der Waals surface area contributed by atoms with Gasteiger partial charge in [0.1, 0.15) is 5.76 Å². The Morgan fingerprint density at radius 2 is 2.00 bits per heavy atom. The van der Waals surface area contributed by atoms with Crippen LogP contribution in [0, 0.1) is 0 Å². The van der Waals surface area contributed by atoms with Crippen molar-refractivity contribution in [1.29, 1.82) is 0 Å². The molecule has 0 aliphatic carbocycles. The van der Waals surface area contributed by atoms with Crippen LogP contribution in [-0.4, -0.2) is 19.1 Å². The summed E-state index contributed by atoms with van der Waals surface area (Å²) in [4.78, 5) is 11.4. The SMILES string of the molecule is COC(=O)Cc1ccccc1CNC(C)Cc1ccco1. The first-order chi connectivity index (χ1) is 10.2. The van der Waals surface area contributed by atoms with E-state index >= 15 is 0 Å². The topological polar surface area (TPSA) is 51.5 Å². The van der Waals surface area contributed by atoms with Crippen LogP contribution >= 0.6 is 0 Å². The fraction of sp³-hybridized carbons (Fsp3) is 0.353. The molecule has 1 aromatic heterocycles. The van der Waals surface area contributed by atoms with Gasteiger partial charge in [-0.2, -0.15) is 0 Å². The fourth-order valence-electron chi connectivity index (χ4n) is 2.22. The molecule has 112 valence electrons. The van der Waals surface area contributed by atoms with E-state index < -0.39 is 0 Å². The maximum atomic E-state index is 11.4. The lowest BCUT2D eigenvalue weighted by Crippen LogP contribution is -2.28. The Morgan fingerprint density at radius 3 is 2.67 bits per heavy atom. The molecule has 0 aliphatic heterocycles. The van der Waals surface area contributed by atoms with Gasteiger partial charge in [0, 0.05) is 19.0 Å². The highest BCUT2D eigenvalue weighted by atomic mass is 16.5. The highest BCUT2D eigenvalue weighted by Gasteiger charge is 2.10. The summed E-state index contributed by atoms with van der Waals surface area (Å²) >= 11 is 0. The average molecular weight is 287 g/mol. The predicted octanol–water partition coefficient (Wildman–Crippen LogP) is 2.72. The molecule has 0 aliphatic rings. The quantitative estimate of drug-likeness (QED) is 0.796. The van der Waals surface area contributed by atoms with E-state index in [4.69, 9.17) is 9.15 Å². The molecular formula is C17H21NO3. The van der Waals surface area contributed by atoms with Crippen LogP contribution in [-0.2, 0) is 28.9 Å². The van der Waals surface area contributed by atoms with E-state index in [1.165, 1.54) is 7.11 Å². The molecular weight excluding hydrogens is 266 g/mol. The summed E-state index contributed by atoms with van der Waals surface area (Å²) in [5.74, 6) is 0.754. The van der Waals surface area contributed by atoms with Crippen molar-refractivity contribution in [2.24, 2.45) is 0 Å². The van der Waals surface area contributed by atoms with Gasteiger partial charge in [-0.1, -0.05) is 24.3 Å². The Morgan fingerprint density at radius 1 is 1.24 bits per heavy atom. The van der Waals surface area contributed by atoms with Crippen molar-refractivity contribution in [3.05, 3.63) is 59.5 Å². The first kappa shape index (κ1) is 15.3. The largest absolute Gasteiger partial charge is 0.469 e. The number of esters is 1. The summed E-state index contributed by atoms with van der Waals surface area (Å²) in [7, 11) is 1.41. The van der Waals surface area contributed by atoms with Gasteiger partial charge in [-0.3, -0.25) is 4.79 Å². The van der Waals surface area contributed by atoms with Gasteiger partial charge in [-0.25, -0.2) is 0 Å². The van der Waals surface area contributed by atoms with Gasteiger partial charge < -0.3 is 14.5 Å². The maximum Gasteiger partial charge on any atom is 0.309 e. The third kappa shape index (κ3) is 4.76. The van der Waals surface area contributed by atoms with E-state index in [0.717, 1.165) is 29.9 Å². The summed E-state index contributed by atoms with van der Waals surface area (Å²) in [5.41, 5.74) is 2.12. The van der Waals surface area contributed by atoms with Crippen molar-refractivity contribution in [2.45, 2.75) is 32.4 Å². The molecule has 0 radical (unpaired) electrons. The van der Waals surface area contributed by atoms with E-state index in [1.807, 2.05) is 36.4 Å². The van der Waals surface area contributed by atoms with Gasteiger partial charge in [-0.05, 0) is 30.2 Å². The number of carbonyl (C=O) groups is 1. The van der Waals surface area contributed by atoms with Crippen molar-refractivity contribution in [3.8, 4) is 0 Å². The molecule has 1 unspecified atom stereocenters. The monoisotopic (exact) mass is 287 g/mol. The van der Waals surface area contributed by atoms with Gasteiger partial charge >= 0.3 is 5.97 Å². The van der Waals surface area contributed by atoms with Crippen molar-refractivity contribution in [2.75, 3.05) is 7.11 Å². The number of ether oxygens (including phenoxy) is 1. The molecule has 2 aromatic rings. The number of hydrogen-bond donors (Lipinski definition) is 1. The van der Waals surface area contributed by atoms with E-state index in [-0.39, 0.29) is 5.97 Å². The Bertz CT molecular complexity index is 563. The first-order valence-corrected chi connectivity index (χ1v) is 7.08.